The van der Waals surface area contributed by atoms with Crippen LogP contribution in [0.3, 0.4) is 0 Å². The molecule has 6 heteroatoms. The van der Waals surface area contributed by atoms with Gasteiger partial charge in [-0.25, -0.2) is 0 Å². The Hall–Kier alpha value is -1.12. The predicted molar refractivity (Wildman–Crippen MR) is 120 cm³/mol. The summed E-state index contributed by atoms with van der Waals surface area (Å²) in [6.07, 6.45) is 0. The van der Waals surface area contributed by atoms with Crippen LogP contribution in [-0.4, -0.2) is 45.1 Å². The number of aliphatic imine (C=N–C) groups is 1. The number of likely N-dealkylation sites (N-methyl/N-ethyl adjacent to an activating group) is 1. The van der Waals surface area contributed by atoms with Gasteiger partial charge in [-0.2, -0.15) is 0 Å². The first kappa shape index (κ1) is 21.9. The fourth-order valence-corrected chi connectivity index (χ4v) is 3.50. The lowest BCUT2D eigenvalue weighted by molar-refractivity contribution is 0.302. The standard InChI is InChI=1S/C19H28N4S.HI/c1-15(16-9-6-5-7-10-16)13-21-19(20-2)22-14-17(23(3)4)18-11-8-12-24-18;/h5-12,15,17H,13-14H2,1-4H3,(H2,20,21,22);1H. The van der Waals surface area contributed by atoms with Crippen LogP contribution in [0, 0.1) is 0 Å². The zero-order chi connectivity index (χ0) is 17.4. The van der Waals surface area contributed by atoms with E-state index in [0.29, 0.717) is 12.0 Å². The minimum Gasteiger partial charge on any atom is -0.356 e. The van der Waals surface area contributed by atoms with Crippen LogP contribution >= 0.6 is 35.3 Å². The molecule has 0 aliphatic heterocycles. The lowest BCUT2D eigenvalue weighted by Crippen LogP contribution is -2.42. The first-order valence-electron chi connectivity index (χ1n) is 8.31. The van der Waals surface area contributed by atoms with E-state index in [1.165, 1.54) is 10.4 Å². The second kappa shape index (κ2) is 11.5. The smallest absolute Gasteiger partial charge is 0.191 e. The first-order valence-corrected chi connectivity index (χ1v) is 9.19. The molecule has 0 aliphatic carbocycles. The Balaban J connectivity index is 0.00000312. The summed E-state index contributed by atoms with van der Waals surface area (Å²) in [6.45, 7) is 3.91. The summed E-state index contributed by atoms with van der Waals surface area (Å²) < 4.78 is 0. The summed E-state index contributed by atoms with van der Waals surface area (Å²) in [7, 11) is 6.04. The Labute approximate surface area is 172 Å². The molecule has 0 bridgehead atoms. The van der Waals surface area contributed by atoms with Gasteiger partial charge < -0.3 is 15.5 Å². The lowest BCUT2D eigenvalue weighted by atomic mass is 10.0. The van der Waals surface area contributed by atoms with Gasteiger partial charge in [-0.05, 0) is 37.0 Å². The van der Waals surface area contributed by atoms with E-state index in [9.17, 15) is 0 Å². The maximum atomic E-state index is 4.35. The van der Waals surface area contributed by atoms with Gasteiger partial charge in [0.1, 0.15) is 0 Å². The van der Waals surface area contributed by atoms with Gasteiger partial charge in [0, 0.05) is 25.0 Å². The van der Waals surface area contributed by atoms with Crippen LogP contribution in [-0.2, 0) is 0 Å². The number of hydrogen-bond donors (Lipinski definition) is 2. The summed E-state index contributed by atoms with van der Waals surface area (Å²) in [6, 6.07) is 15.2. The maximum Gasteiger partial charge on any atom is 0.191 e. The summed E-state index contributed by atoms with van der Waals surface area (Å²) in [5.41, 5.74) is 1.34. The van der Waals surface area contributed by atoms with Crippen molar-refractivity contribution in [2.45, 2.75) is 18.9 Å². The zero-order valence-corrected chi connectivity index (χ0v) is 18.5. The zero-order valence-electron chi connectivity index (χ0n) is 15.4. The number of nitrogens with one attached hydrogen (secondary N) is 2. The molecule has 0 saturated carbocycles. The van der Waals surface area contributed by atoms with Crippen molar-refractivity contribution in [2.24, 2.45) is 4.99 Å². The van der Waals surface area contributed by atoms with Gasteiger partial charge in [0.05, 0.1) is 6.04 Å². The van der Waals surface area contributed by atoms with Gasteiger partial charge in [0.2, 0.25) is 0 Å². The predicted octanol–water partition coefficient (Wildman–Crippen LogP) is 3.94. The number of thiophene rings is 1. The number of rotatable bonds is 7. The molecule has 1 heterocycles. The SMILES string of the molecule is CN=C(NCC(C)c1ccccc1)NCC(c1cccs1)N(C)C.I. The van der Waals surface area contributed by atoms with Crippen molar-refractivity contribution in [3.05, 3.63) is 58.3 Å². The van der Waals surface area contributed by atoms with E-state index < -0.39 is 0 Å². The van der Waals surface area contributed by atoms with Gasteiger partial charge in [0.25, 0.3) is 0 Å². The van der Waals surface area contributed by atoms with E-state index in [1.54, 1.807) is 11.3 Å². The van der Waals surface area contributed by atoms with Crippen molar-refractivity contribution < 1.29 is 0 Å². The van der Waals surface area contributed by atoms with Crippen LogP contribution in [0.5, 0.6) is 0 Å². The molecule has 2 atom stereocenters. The molecule has 4 nitrogen and oxygen atoms in total. The van der Waals surface area contributed by atoms with Crippen LogP contribution in [0.15, 0.2) is 52.8 Å². The van der Waals surface area contributed by atoms with Crippen LogP contribution < -0.4 is 10.6 Å². The van der Waals surface area contributed by atoms with Gasteiger partial charge >= 0.3 is 0 Å². The first-order chi connectivity index (χ1) is 11.6. The van der Waals surface area contributed by atoms with E-state index in [-0.39, 0.29) is 24.0 Å². The quantitative estimate of drug-likeness (QED) is 0.365. The largest absolute Gasteiger partial charge is 0.356 e. The topological polar surface area (TPSA) is 39.7 Å². The second-order valence-corrected chi connectivity index (χ2v) is 7.12. The van der Waals surface area contributed by atoms with Crippen molar-refractivity contribution >= 4 is 41.3 Å². The van der Waals surface area contributed by atoms with Gasteiger partial charge in [-0.15, -0.1) is 35.3 Å². The van der Waals surface area contributed by atoms with Crippen LogP contribution in [0.4, 0.5) is 0 Å². The molecule has 1 aromatic heterocycles. The van der Waals surface area contributed by atoms with Gasteiger partial charge in [0.15, 0.2) is 5.96 Å². The van der Waals surface area contributed by atoms with Crippen LogP contribution in [0.1, 0.15) is 29.3 Å². The third-order valence-electron chi connectivity index (χ3n) is 4.13. The molecule has 2 rings (SSSR count). The van der Waals surface area contributed by atoms with Crippen molar-refractivity contribution in [2.75, 3.05) is 34.2 Å². The Morgan fingerprint density at radius 3 is 2.32 bits per heavy atom. The highest BCUT2D eigenvalue weighted by molar-refractivity contribution is 14.0. The molecule has 0 radical (unpaired) electrons. The maximum absolute atomic E-state index is 4.35. The second-order valence-electron chi connectivity index (χ2n) is 6.14. The fraction of sp³-hybridized carbons (Fsp3) is 0.421. The number of halogens is 1. The van der Waals surface area contributed by atoms with Crippen LogP contribution in [0.2, 0.25) is 0 Å². The van der Waals surface area contributed by atoms with Crippen molar-refractivity contribution in [3.8, 4) is 0 Å². The van der Waals surface area contributed by atoms with E-state index in [2.05, 4.69) is 89.4 Å². The van der Waals surface area contributed by atoms with Gasteiger partial charge in [-0.1, -0.05) is 43.3 Å². The van der Waals surface area contributed by atoms with Crippen LogP contribution in [0.25, 0.3) is 0 Å². The average molecular weight is 472 g/mol. The Morgan fingerprint density at radius 1 is 1.08 bits per heavy atom. The minimum absolute atomic E-state index is 0. The molecule has 0 spiro atoms. The number of guanidine groups is 1. The molecule has 138 valence electrons. The molecule has 2 N–H and O–H groups in total. The summed E-state index contributed by atoms with van der Waals surface area (Å²) >= 11 is 1.79. The summed E-state index contributed by atoms with van der Waals surface area (Å²) in [4.78, 5) is 7.94. The molecular weight excluding hydrogens is 443 g/mol. The molecule has 1 aromatic carbocycles. The molecule has 2 aromatic rings. The normalized spacial score (nSPS) is 13.9. The van der Waals surface area contributed by atoms with E-state index >= 15 is 0 Å². The van der Waals surface area contributed by atoms with Crippen molar-refractivity contribution in [3.63, 3.8) is 0 Å². The number of hydrogen-bond acceptors (Lipinski definition) is 3. The highest BCUT2D eigenvalue weighted by Crippen LogP contribution is 2.22. The van der Waals surface area contributed by atoms with Crippen molar-refractivity contribution in [1.82, 2.24) is 15.5 Å². The van der Waals surface area contributed by atoms with E-state index in [0.717, 1.165) is 19.0 Å². The molecule has 0 saturated heterocycles. The molecule has 25 heavy (non-hydrogen) atoms. The molecule has 2 unspecified atom stereocenters. The number of nitrogens with zero attached hydrogens (tertiary/aromatic N) is 2. The van der Waals surface area contributed by atoms with E-state index in [1.807, 2.05) is 7.05 Å². The fourth-order valence-electron chi connectivity index (χ4n) is 2.58. The number of benzene rings is 1. The van der Waals surface area contributed by atoms with Gasteiger partial charge in [-0.3, -0.25) is 4.99 Å². The van der Waals surface area contributed by atoms with E-state index in [4.69, 9.17) is 0 Å². The molecular formula is C19H29IN4S. The monoisotopic (exact) mass is 472 g/mol. The Kier molecular flexibility index (Phi) is 10.1. The highest BCUT2D eigenvalue weighted by atomic mass is 127. The third-order valence-corrected chi connectivity index (χ3v) is 5.10. The summed E-state index contributed by atoms with van der Waals surface area (Å²) in [5.74, 6) is 1.29. The summed E-state index contributed by atoms with van der Waals surface area (Å²) in [5, 5.41) is 9.01. The Morgan fingerprint density at radius 2 is 1.76 bits per heavy atom. The third kappa shape index (κ3) is 6.95. The highest BCUT2D eigenvalue weighted by Gasteiger charge is 2.15. The molecule has 0 amide bonds. The molecule has 0 aliphatic rings. The van der Waals surface area contributed by atoms with Crippen molar-refractivity contribution in [1.29, 1.82) is 0 Å². The molecule has 0 fully saturated rings. The Bertz CT molecular complexity index is 614. The minimum atomic E-state index is 0. The lowest BCUT2D eigenvalue weighted by Gasteiger charge is -2.25. The average Bonchev–Trinajstić information content (AvgIpc) is 3.12.